The molecule has 0 bridgehead atoms. The Morgan fingerprint density at radius 1 is 1.43 bits per heavy atom. The minimum atomic E-state index is -1.05. The molecule has 0 unspecified atom stereocenters. The number of nitrogens with two attached hydrogens (primary N) is 1. The molecule has 3 aromatic rings. The first-order chi connectivity index (χ1) is 10.0. The van der Waals surface area contributed by atoms with Crippen molar-refractivity contribution >= 4 is 49.6 Å². The number of carbonyl (C=O) groups is 1. The van der Waals surface area contributed by atoms with Crippen molar-refractivity contribution in [1.29, 1.82) is 0 Å². The maximum atomic E-state index is 10.4. The van der Waals surface area contributed by atoms with Gasteiger partial charge in [0.05, 0.1) is 12.1 Å². The highest BCUT2D eigenvalue weighted by Gasteiger charge is 2.11. The summed E-state index contributed by atoms with van der Waals surface area (Å²) in [5.74, 6) is 0.362. The van der Waals surface area contributed by atoms with E-state index in [1.807, 2.05) is 24.4 Å². The van der Waals surface area contributed by atoms with Crippen molar-refractivity contribution in [2.24, 2.45) is 0 Å². The summed E-state index contributed by atoms with van der Waals surface area (Å²) in [4.78, 5) is 14.8. The zero-order valence-corrected chi connectivity index (χ0v) is 12.5. The molecule has 7 nitrogen and oxygen atoms in total. The van der Waals surface area contributed by atoms with E-state index < -0.39 is 6.09 Å². The topological polar surface area (TPSA) is 106 Å². The normalized spacial score (nSPS) is 11.1. The number of anilines is 1. The fourth-order valence-electron chi connectivity index (χ4n) is 2.21. The van der Waals surface area contributed by atoms with Crippen molar-refractivity contribution in [3.63, 3.8) is 0 Å². The standard InChI is InChI=1S/C13H12BrN5O2/c14-7-1-2-8-9-6-19(4-3-16-13(20)21)18-11(9)12(15)17-10(8)5-7/h1-2,5-6,16H,3-4H2,(H2,15,17)(H,20,21). The highest BCUT2D eigenvalue weighted by Crippen LogP contribution is 2.28. The first-order valence-corrected chi connectivity index (χ1v) is 7.02. The molecule has 0 saturated heterocycles. The van der Waals surface area contributed by atoms with E-state index >= 15 is 0 Å². The Morgan fingerprint density at radius 2 is 2.24 bits per heavy atom. The van der Waals surface area contributed by atoms with Crippen molar-refractivity contribution in [2.45, 2.75) is 6.54 Å². The van der Waals surface area contributed by atoms with Crippen LogP contribution in [0.2, 0.25) is 0 Å². The van der Waals surface area contributed by atoms with E-state index in [4.69, 9.17) is 10.8 Å². The molecule has 0 aliphatic rings. The van der Waals surface area contributed by atoms with Crippen LogP contribution in [-0.2, 0) is 6.54 Å². The number of amides is 1. The van der Waals surface area contributed by atoms with Gasteiger partial charge in [-0.15, -0.1) is 0 Å². The van der Waals surface area contributed by atoms with Crippen LogP contribution in [0.3, 0.4) is 0 Å². The largest absolute Gasteiger partial charge is 0.465 e. The predicted octanol–water partition coefficient (Wildman–Crippen LogP) is 2.20. The van der Waals surface area contributed by atoms with Crippen molar-refractivity contribution in [3.8, 4) is 0 Å². The Hall–Kier alpha value is -2.35. The van der Waals surface area contributed by atoms with E-state index in [1.165, 1.54) is 0 Å². The van der Waals surface area contributed by atoms with E-state index in [1.54, 1.807) is 4.68 Å². The summed E-state index contributed by atoms with van der Waals surface area (Å²) in [7, 11) is 0. The number of hydrogen-bond donors (Lipinski definition) is 3. The van der Waals surface area contributed by atoms with Crippen LogP contribution in [0.1, 0.15) is 0 Å². The Bertz CT molecular complexity index is 845. The van der Waals surface area contributed by atoms with Crippen LogP contribution in [-0.4, -0.2) is 32.5 Å². The predicted molar refractivity (Wildman–Crippen MR) is 83.2 cm³/mol. The van der Waals surface area contributed by atoms with Gasteiger partial charge in [0, 0.05) is 28.0 Å². The van der Waals surface area contributed by atoms with Crippen LogP contribution in [0, 0.1) is 0 Å². The number of carboxylic acid groups (broad SMARTS) is 1. The summed E-state index contributed by atoms with van der Waals surface area (Å²) < 4.78 is 2.60. The van der Waals surface area contributed by atoms with Crippen molar-refractivity contribution < 1.29 is 9.90 Å². The lowest BCUT2D eigenvalue weighted by Crippen LogP contribution is -2.25. The molecule has 2 aromatic heterocycles. The van der Waals surface area contributed by atoms with Gasteiger partial charge in [0.2, 0.25) is 0 Å². The van der Waals surface area contributed by atoms with Gasteiger partial charge in [0.1, 0.15) is 5.52 Å². The number of nitrogen functional groups attached to an aromatic ring is 1. The first kappa shape index (κ1) is 13.6. The molecule has 0 aliphatic heterocycles. The molecule has 0 spiro atoms. The second-order valence-corrected chi connectivity index (χ2v) is 5.46. The van der Waals surface area contributed by atoms with Crippen LogP contribution in [0.5, 0.6) is 0 Å². The van der Waals surface area contributed by atoms with Crippen molar-refractivity contribution in [1.82, 2.24) is 20.1 Å². The van der Waals surface area contributed by atoms with Crippen LogP contribution in [0.25, 0.3) is 21.8 Å². The third-order valence-corrected chi connectivity index (χ3v) is 3.61. The van der Waals surface area contributed by atoms with Gasteiger partial charge in [0.25, 0.3) is 0 Å². The molecule has 21 heavy (non-hydrogen) atoms. The fraction of sp³-hybridized carbons (Fsp3) is 0.154. The van der Waals surface area contributed by atoms with E-state index in [0.717, 1.165) is 20.8 Å². The summed E-state index contributed by atoms with van der Waals surface area (Å²) in [5.41, 5.74) is 7.37. The Balaban J connectivity index is 2.05. The highest BCUT2D eigenvalue weighted by atomic mass is 79.9. The van der Waals surface area contributed by atoms with Crippen molar-refractivity contribution in [2.75, 3.05) is 12.3 Å². The number of nitrogens with zero attached hydrogens (tertiary/aromatic N) is 3. The van der Waals surface area contributed by atoms with Gasteiger partial charge in [-0.1, -0.05) is 22.0 Å². The summed E-state index contributed by atoms with van der Waals surface area (Å²) in [5, 5.41) is 17.1. The monoisotopic (exact) mass is 349 g/mol. The molecule has 3 rings (SSSR count). The lowest BCUT2D eigenvalue weighted by Gasteiger charge is -2.01. The number of pyridine rings is 1. The summed E-state index contributed by atoms with van der Waals surface area (Å²) >= 11 is 3.41. The van der Waals surface area contributed by atoms with Crippen LogP contribution < -0.4 is 11.1 Å². The SMILES string of the molecule is Nc1nc2cc(Br)ccc2c2cn(CCNC(=O)O)nc12. The van der Waals surface area contributed by atoms with Crippen LogP contribution >= 0.6 is 15.9 Å². The quantitative estimate of drug-likeness (QED) is 0.671. The van der Waals surface area contributed by atoms with Crippen molar-refractivity contribution in [3.05, 3.63) is 28.9 Å². The number of hydrogen-bond acceptors (Lipinski definition) is 4. The second kappa shape index (κ2) is 5.21. The van der Waals surface area contributed by atoms with E-state index in [-0.39, 0.29) is 6.54 Å². The molecule has 0 saturated carbocycles. The zero-order valence-electron chi connectivity index (χ0n) is 10.9. The highest BCUT2D eigenvalue weighted by molar-refractivity contribution is 9.10. The Morgan fingerprint density at radius 3 is 3.00 bits per heavy atom. The van der Waals surface area contributed by atoms with E-state index in [0.29, 0.717) is 17.9 Å². The lowest BCUT2D eigenvalue weighted by atomic mass is 10.1. The molecular formula is C13H12BrN5O2. The molecule has 1 aromatic carbocycles. The molecular weight excluding hydrogens is 338 g/mol. The number of benzene rings is 1. The lowest BCUT2D eigenvalue weighted by molar-refractivity contribution is 0.194. The van der Waals surface area contributed by atoms with Crippen LogP contribution in [0.4, 0.5) is 10.6 Å². The molecule has 0 atom stereocenters. The molecule has 108 valence electrons. The molecule has 0 radical (unpaired) electrons. The summed E-state index contributed by atoms with van der Waals surface area (Å²) in [6.45, 7) is 0.707. The minimum Gasteiger partial charge on any atom is -0.465 e. The van der Waals surface area contributed by atoms with Gasteiger partial charge in [-0.25, -0.2) is 9.78 Å². The molecule has 0 fully saturated rings. The van der Waals surface area contributed by atoms with Gasteiger partial charge in [-0.3, -0.25) is 4.68 Å². The summed E-state index contributed by atoms with van der Waals surface area (Å²) in [6, 6.07) is 5.78. The van der Waals surface area contributed by atoms with Gasteiger partial charge >= 0.3 is 6.09 Å². The van der Waals surface area contributed by atoms with E-state index in [9.17, 15) is 4.79 Å². The molecule has 8 heteroatoms. The fourth-order valence-corrected chi connectivity index (χ4v) is 2.56. The first-order valence-electron chi connectivity index (χ1n) is 6.23. The van der Waals surface area contributed by atoms with Gasteiger partial charge < -0.3 is 16.2 Å². The average molecular weight is 350 g/mol. The average Bonchev–Trinajstić information content (AvgIpc) is 2.82. The number of nitrogens with one attached hydrogen (secondary N) is 1. The Labute approximate surface area is 127 Å². The number of rotatable bonds is 3. The van der Waals surface area contributed by atoms with Crippen LogP contribution in [0.15, 0.2) is 28.9 Å². The molecule has 1 amide bonds. The minimum absolute atomic E-state index is 0.278. The van der Waals surface area contributed by atoms with Gasteiger partial charge in [-0.05, 0) is 12.1 Å². The Kier molecular flexibility index (Phi) is 3.38. The van der Waals surface area contributed by atoms with Gasteiger partial charge in [-0.2, -0.15) is 5.10 Å². The number of fused-ring (bicyclic) bond motifs is 3. The number of aromatic nitrogens is 3. The van der Waals surface area contributed by atoms with E-state index in [2.05, 4.69) is 31.3 Å². The third kappa shape index (κ3) is 2.62. The van der Waals surface area contributed by atoms with Gasteiger partial charge in [0.15, 0.2) is 5.82 Å². The zero-order chi connectivity index (χ0) is 15.0. The molecule has 2 heterocycles. The summed E-state index contributed by atoms with van der Waals surface area (Å²) in [6.07, 6.45) is 0.802. The smallest absolute Gasteiger partial charge is 0.404 e. The third-order valence-electron chi connectivity index (χ3n) is 3.11. The number of halogens is 1. The second-order valence-electron chi connectivity index (χ2n) is 4.54. The maximum Gasteiger partial charge on any atom is 0.404 e. The molecule has 4 N–H and O–H groups in total. The molecule has 0 aliphatic carbocycles. The maximum absolute atomic E-state index is 10.4.